The number of hydrogen-bond acceptors (Lipinski definition) is 4. The van der Waals surface area contributed by atoms with E-state index in [2.05, 4.69) is 29.0 Å². The molecule has 0 radical (unpaired) electrons. The highest BCUT2D eigenvalue weighted by atomic mass is 16.5. The lowest BCUT2D eigenvalue weighted by atomic mass is 9.72. The molecule has 0 aromatic heterocycles. The topological polar surface area (TPSA) is 44.8 Å². The van der Waals surface area contributed by atoms with Crippen LogP contribution in [0.3, 0.4) is 0 Å². The van der Waals surface area contributed by atoms with E-state index in [0.717, 1.165) is 58.8 Å². The summed E-state index contributed by atoms with van der Waals surface area (Å²) in [6.45, 7) is 10.9. The Kier molecular flexibility index (Phi) is 6.86. The van der Waals surface area contributed by atoms with Crippen molar-refractivity contribution in [1.82, 2.24) is 15.1 Å². The Balaban J connectivity index is 1.96. The molecule has 2 aliphatic rings. The second-order valence-corrected chi connectivity index (χ2v) is 8.04. The average molecular weight is 325 g/mol. The summed E-state index contributed by atoms with van der Waals surface area (Å²) in [6, 6.07) is 0. The monoisotopic (exact) mass is 325 g/mol. The molecule has 0 aliphatic carbocycles. The smallest absolute Gasteiger partial charge is 0.225 e. The van der Waals surface area contributed by atoms with Crippen molar-refractivity contribution in [1.29, 1.82) is 0 Å². The van der Waals surface area contributed by atoms with E-state index in [0.29, 0.717) is 5.92 Å². The van der Waals surface area contributed by atoms with E-state index < -0.39 is 0 Å². The summed E-state index contributed by atoms with van der Waals surface area (Å²) >= 11 is 0. The summed E-state index contributed by atoms with van der Waals surface area (Å²) in [6.07, 6.45) is 3.26. The quantitative estimate of drug-likeness (QED) is 0.769. The molecule has 2 rings (SSSR count). The molecule has 2 heterocycles. The maximum atomic E-state index is 12.8. The van der Waals surface area contributed by atoms with Gasteiger partial charge in [-0.1, -0.05) is 13.8 Å². The van der Waals surface area contributed by atoms with Gasteiger partial charge in [-0.15, -0.1) is 0 Å². The Bertz CT molecular complexity index is 378. The molecule has 2 fully saturated rings. The van der Waals surface area contributed by atoms with Gasteiger partial charge in [0, 0.05) is 44.8 Å². The highest BCUT2D eigenvalue weighted by molar-refractivity contribution is 5.80. The average Bonchev–Trinajstić information content (AvgIpc) is 2.83. The number of hydrogen-bond donors (Lipinski definition) is 1. The largest absolute Gasteiger partial charge is 0.381 e. The van der Waals surface area contributed by atoms with E-state index in [9.17, 15) is 4.79 Å². The van der Waals surface area contributed by atoms with Gasteiger partial charge in [0.2, 0.25) is 5.91 Å². The van der Waals surface area contributed by atoms with E-state index in [1.165, 1.54) is 6.42 Å². The molecular formula is C18H35N3O2. The highest BCUT2D eigenvalue weighted by Gasteiger charge is 2.50. The number of likely N-dealkylation sites (tertiary alicyclic amines) is 1. The zero-order valence-corrected chi connectivity index (χ0v) is 15.4. The first-order valence-electron chi connectivity index (χ1n) is 9.15. The molecule has 2 aliphatic heterocycles. The van der Waals surface area contributed by atoms with Gasteiger partial charge in [0.05, 0.1) is 5.92 Å². The summed E-state index contributed by atoms with van der Waals surface area (Å²) in [5.74, 6) is 1.09. The van der Waals surface area contributed by atoms with E-state index in [1.54, 1.807) is 0 Å². The predicted molar refractivity (Wildman–Crippen MR) is 93.4 cm³/mol. The van der Waals surface area contributed by atoms with Crippen LogP contribution in [0.2, 0.25) is 0 Å². The van der Waals surface area contributed by atoms with Crippen molar-refractivity contribution in [3.8, 4) is 0 Å². The van der Waals surface area contributed by atoms with Gasteiger partial charge >= 0.3 is 0 Å². The minimum atomic E-state index is 0.126. The third kappa shape index (κ3) is 5.16. The van der Waals surface area contributed by atoms with Crippen molar-refractivity contribution in [2.45, 2.75) is 33.1 Å². The summed E-state index contributed by atoms with van der Waals surface area (Å²) < 4.78 is 5.57. The van der Waals surface area contributed by atoms with Gasteiger partial charge < -0.3 is 19.9 Å². The van der Waals surface area contributed by atoms with Crippen LogP contribution in [0.25, 0.3) is 0 Å². The summed E-state index contributed by atoms with van der Waals surface area (Å²) in [5, 5.41) is 3.16. The number of amides is 1. The molecule has 1 unspecified atom stereocenters. The molecule has 0 saturated carbocycles. The number of carbonyl (C=O) groups excluding carboxylic acids is 1. The van der Waals surface area contributed by atoms with Crippen LogP contribution in [0.4, 0.5) is 0 Å². The first-order valence-corrected chi connectivity index (χ1v) is 9.15. The summed E-state index contributed by atoms with van der Waals surface area (Å²) in [5.41, 5.74) is 0.136. The first-order chi connectivity index (χ1) is 10.9. The molecule has 0 bridgehead atoms. The van der Waals surface area contributed by atoms with Crippen LogP contribution in [0.1, 0.15) is 33.1 Å². The molecule has 23 heavy (non-hydrogen) atoms. The minimum absolute atomic E-state index is 0.126. The second kappa shape index (κ2) is 8.45. The van der Waals surface area contributed by atoms with Gasteiger partial charge in [-0.25, -0.2) is 0 Å². The van der Waals surface area contributed by atoms with Crippen LogP contribution in [-0.2, 0) is 9.53 Å². The molecule has 134 valence electrons. The third-order valence-corrected chi connectivity index (χ3v) is 5.40. The van der Waals surface area contributed by atoms with Gasteiger partial charge in [0.15, 0.2) is 0 Å². The molecule has 1 atom stereocenters. The Morgan fingerprint density at radius 1 is 1.35 bits per heavy atom. The van der Waals surface area contributed by atoms with Crippen molar-refractivity contribution >= 4 is 5.91 Å². The van der Waals surface area contributed by atoms with Crippen LogP contribution in [-0.4, -0.2) is 75.7 Å². The molecule has 0 aromatic rings. The van der Waals surface area contributed by atoms with Crippen molar-refractivity contribution in [3.05, 3.63) is 0 Å². The number of nitrogens with zero attached hydrogens (tertiary/aromatic N) is 2. The maximum Gasteiger partial charge on any atom is 0.225 e. The van der Waals surface area contributed by atoms with E-state index in [-0.39, 0.29) is 17.2 Å². The van der Waals surface area contributed by atoms with Gasteiger partial charge in [0.25, 0.3) is 0 Å². The van der Waals surface area contributed by atoms with Gasteiger partial charge in [-0.3, -0.25) is 4.79 Å². The van der Waals surface area contributed by atoms with Crippen molar-refractivity contribution in [3.63, 3.8) is 0 Å². The van der Waals surface area contributed by atoms with E-state index in [4.69, 9.17) is 4.74 Å². The van der Waals surface area contributed by atoms with E-state index in [1.807, 2.05) is 14.1 Å². The molecule has 0 aromatic carbocycles. The van der Waals surface area contributed by atoms with Crippen LogP contribution < -0.4 is 5.32 Å². The summed E-state index contributed by atoms with van der Waals surface area (Å²) in [4.78, 5) is 17.4. The van der Waals surface area contributed by atoms with Crippen LogP contribution in [0.5, 0.6) is 0 Å². The molecular weight excluding hydrogens is 290 g/mol. The fourth-order valence-corrected chi connectivity index (χ4v) is 3.85. The van der Waals surface area contributed by atoms with Gasteiger partial charge in [0.1, 0.15) is 0 Å². The van der Waals surface area contributed by atoms with Crippen LogP contribution >= 0.6 is 0 Å². The van der Waals surface area contributed by atoms with Crippen molar-refractivity contribution in [2.24, 2.45) is 17.3 Å². The highest BCUT2D eigenvalue weighted by Crippen LogP contribution is 2.44. The Labute approximate surface area is 141 Å². The maximum absolute atomic E-state index is 12.8. The van der Waals surface area contributed by atoms with Crippen molar-refractivity contribution in [2.75, 3.05) is 60.0 Å². The normalized spacial score (nSPS) is 24.7. The number of ether oxygens (including phenoxy) is 1. The molecule has 1 amide bonds. The fourth-order valence-electron chi connectivity index (χ4n) is 3.85. The Morgan fingerprint density at radius 2 is 2.04 bits per heavy atom. The van der Waals surface area contributed by atoms with Crippen LogP contribution in [0.15, 0.2) is 0 Å². The Hall–Kier alpha value is -0.650. The molecule has 1 N–H and O–H groups in total. The molecule has 1 spiro atoms. The lowest BCUT2D eigenvalue weighted by molar-refractivity contribution is -0.129. The number of rotatable bonds is 7. The lowest BCUT2D eigenvalue weighted by Crippen LogP contribution is -2.45. The lowest BCUT2D eigenvalue weighted by Gasteiger charge is -2.37. The summed E-state index contributed by atoms with van der Waals surface area (Å²) in [7, 11) is 4.07. The molecule has 5 nitrogen and oxygen atoms in total. The van der Waals surface area contributed by atoms with Gasteiger partial charge in [-0.05, 0) is 45.8 Å². The van der Waals surface area contributed by atoms with Crippen molar-refractivity contribution < 1.29 is 9.53 Å². The number of nitrogens with one attached hydrogen (secondary N) is 1. The minimum Gasteiger partial charge on any atom is -0.381 e. The third-order valence-electron chi connectivity index (χ3n) is 5.40. The standard InChI is InChI=1S/C18H35N3O2/c1-15(2)5-9-21-13-16(17(22)19-8-10-20(3)4)18(14-21)6-11-23-12-7-18/h15-16H,5-14H2,1-4H3,(H,19,22). The molecule has 2 saturated heterocycles. The van der Waals surface area contributed by atoms with E-state index >= 15 is 0 Å². The van der Waals surface area contributed by atoms with Gasteiger partial charge in [-0.2, -0.15) is 0 Å². The number of carbonyl (C=O) groups is 1. The SMILES string of the molecule is CC(C)CCN1CC(C(=O)NCCN(C)C)C2(CCOCC2)C1. The molecule has 5 heteroatoms. The number of likely N-dealkylation sites (N-methyl/N-ethyl adjacent to an activating group) is 1. The first kappa shape index (κ1) is 18.7. The Morgan fingerprint density at radius 3 is 2.65 bits per heavy atom. The predicted octanol–water partition coefficient (Wildman–Crippen LogP) is 1.44. The fraction of sp³-hybridized carbons (Fsp3) is 0.944. The zero-order chi connectivity index (χ0) is 16.9. The second-order valence-electron chi connectivity index (χ2n) is 8.04. The zero-order valence-electron chi connectivity index (χ0n) is 15.4. The van der Waals surface area contributed by atoms with Crippen LogP contribution in [0, 0.1) is 17.3 Å².